The van der Waals surface area contributed by atoms with E-state index in [1.54, 1.807) is 47.7 Å². The van der Waals surface area contributed by atoms with Gasteiger partial charge in [-0.2, -0.15) is 0 Å². The number of rotatable bonds is 9. The summed E-state index contributed by atoms with van der Waals surface area (Å²) >= 11 is 1.64. The predicted molar refractivity (Wildman–Crippen MR) is 162 cm³/mol. The van der Waals surface area contributed by atoms with Gasteiger partial charge in [0, 0.05) is 53.9 Å². The Labute approximate surface area is 244 Å². The van der Waals surface area contributed by atoms with Crippen molar-refractivity contribution in [3.8, 4) is 11.3 Å². The molecule has 2 aliphatic rings. The molecule has 3 aromatic rings. The second kappa shape index (κ2) is 12.8. The number of hydrogen-bond acceptors (Lipinski definition) is 9. The van der Waals surface area contributed by atoms with Gasteiger partial charge in [0.25, 0.3) is 5.91 Å². The number of anilines is 2. The Balaban J connectivity index is 1.31. The fourth-order valence-corrected chi connectivity index (χ4v) is 6.41. The van der Waals surface area contributed by atoms with Gasteiger partial charge in [-0.15, -0.1) is 11.3 Å². The van der Waals surface area contributed by atoms with Crippen molar-refractivity contribution in [2.24, 2.45) is 0 Å². The van der Waals surface area contributed by atoms with Gasteiger partial charge in [0.05, 0.1) is 12.8 Å². The van der Waals surface area contributed by atoms with E-state index in [4.69, 9.17) is 9.72 Å². The smallest absolute Gasteiger partial charge is 0.325 e. The second-order valence-electron chi connectivity index (χ2n) is 10.8. The summed E-state index contributed by atoms with van der Waals surface area (Å²) in [7, 11) is 3.46. The highest BCUT2D eigenvalue weighted by atomic mass is 32.1. The van der Waals surface area contributed by atoms with Crippen LogP contribution in [0.5, 0.6) is 0 Å². The molecule has 1 aliphatic carbocycles. The summed E-state index contributed by atoms with van der Waals surface area (Å²) in [6.45, 7) is 3.93. The van der Waals surface area contributed by atoms with Crippen molar-refractivity contribution in [1.82, 2.24) is 15.2 Å². The number of nitrogens with one attached hydrogen (secondary N) is 2. The number of ketones is 1. The van der Waals surface area contributed by atoms with Crippen LogP contribution in [0.3, 0.4) is 0 Å². The van der Waals surface area contributed by atoms with E-state index in [2.05, 4.69) is 32.9 Å². The highest BCUT2D eigenvalue weighted by molar-refractivity contribution is 7.14. The number of amides is 1. The van der Waals surface area contributed by atoms with E-state index >= 15 is 0 Å². The Kier molecular flexibility index (Phi) is 8.99. The second-order valence-corrected chi connectivity index (χ2v) is 11.6. The zero-order chi connectivity index (χ0) is 28.8. The van der Waals surface area contributed by atoms with Gasteiger partial charge >= 0.3 is 5.97 Å². The number of para-hydroxylation sites is 1. The zero-order valence-corrected chi connectivity index (χ0v) is 24.5. The molecule has 216 valence electrons. The Bertz CT molecular complexity index is 1380. The molecule has 9 nitrogen and oxygen atoms in total. The number of aromatic nitrogens is 1. The molecule has 2 N–H and O–H groups in total. The molecule has 2 heterocycles. The van der Waals surface area contributed by atoms with Crippen LogP contribution in [0.15, 0.2) is 53.9 Å². The fourth-order valence-electron chi connectivity index (χ4n) is 5.52. The molecule has 2 fully saturated rings. The Morgan fingerprint density at radius 2 is 1.68 bits per heavy atom. The van der Waals surface area contributed by atoms with Crippen molar-refractivity contribution in [3.05, 3.63) is 65.0 Å². The molecule has 0 bridgehead atoms. The van der Waals surface area contributed by atoms with E-state index in [0.29, 0.717) is 29.7 Å². The third kappa shape index (κ3) is 6.60. The molecule has 0 radical (unpaired) electrons. The van der Waals surface area contributed by atoms with Gasteiger partial charge in [0.1, 0.15) is 12.1 Å². The summed E-state index contributed by atoms with van der Waals surface area (Å²) in [6, 6.07) is 14.5. The number of hydrogen-bond donors (Lipinski definition) is 2. The third-order valence-corrected chi connectivity index (χ3v) is 8.93. The van der Waals surface area contributed by atoms with Gasteiger partial charge in [-0.3, -0.25) is 14.4 Å². The number of carbonyl (C=O) groups excluding carboxylic acids is 3. The lowest BCUT2D eigenvalue weighted by molar-refractivity contribution is -0.138. The highest BCUT2D eigenvalue weighted by Gasteiger charge is 2.42. The molecule has 0 spiro atoms. The van der Waals surface area contributed by atoms with Crippen LogP contribution in [0, 0.1) is 0 Å². The molecule has 1 aromatic heterocycles. The van der Waals surface area contributed by atoms with E-state index in [0.717, 1.165) is 61.8 Å². The van der Waals surface area contributed by atoms with E-state index in [1.807, 2.05) is 12.1 Å². The molecule has 0 atom stereocenters. The summed E-state index contributed by atoms with van der Waals surface area (Å²) < 4.78 is 4.73. The van der Waals surface area contributed by atoms with E-state index < -0.39 is 11.5 Å². The van der Waals surface area contributed by atoms with Crippen molar-refractivity contribution >= 4 is 39.8 Å². The van der Waals surface area contributed by atoms with Crippen LogP contribution in [0.2, 0.25) is 0 Å². The molecule has 2 aromatic carbocycles. The number of carbonyl (C=O) groups is 3. The number of ether oxygens (including phenoxy) is 1. The summed E-state index contributed by atoms with van der Waals surface area (Å²) in [4.78, 5) is 48.7. The first-order valence-corrected chi connectivity index (χ1v) is 15.0. The van der Waals surface area contributed by atoms with Crippen LogP contribution < -0.4 is 15.5 Å². The molecule has 5 rings (SSSR count). The molecular formula is C31H37N5O4S. The maximum absolute atomic E-state index is 14.0. The van der Waals surface area contributed by atoms with Crippen molar-refractivity contribution in [2.45, 2.75) is 37.6 Å². The van der Waals surface area contributed by atoms with Crippen LogP contribution in [0.4, 0.5) is 10.8 Å². The van der Waals surface area contributed by atoms with Crippen LogP contribution in [0.1, 0.15) is 52.8 Å². The molecule has 1 saturated carbocycles. The number of benzene rings is 2. The number of nitrogens with zero attached hydrogens (tertiary/aromatic N) is 3. The van der Waals surface area contributed by atoms with E-state index in [1.165, 1.54) is 7.11 Å². The molecule has 41 heavy (non-hydrogen) atoms. The van der Waals surface area contributed by atoms with Crippen LogP contribution in [0.25, 0.3) is 11.3 Å². The van der Waals surface area contributed by atoms with Gasteiger partial charge in [-0.1, -0.05) is 43.5 Å². The minimum absolute atomic E-state index is 0.0532. The normalized spacial score (nSPS) is 17.1. The average Bonchev–Trinajstić information content (AvgIpc) is 3.51. The minimum atomic E-state index is -1.01. The number of piperazine rings is 1. The van der Waals surface area contributed by atoms with Crippen molar-refractivity contribution in [3.63, 3.8) is 0 Å². The van der Waals surface area contributed by atoms with Gasteiger partial charge < -0.3 is 25.2 Å². The number of methoxy groups -OCH3 is 1. The SMILES string of the molecule is COC(=O)CNc1ccccc1C(=O)C1(NC(=O)c2ccc(-c3csc(N4CCN(C)CC4)n3)cc2)CCCCC1. The summed E-state index contributed by atoms with van der Waals surface area (Å²) in [5, 5.41) is 9.22. The first kappa shape index (κ1) is 28.8. The number of Topliss-reactive ketones (excluding diaryl/α,β-unsaturated/α-hetero) is 1. The van der Waals surface area contributed by atoms with Gasteiger partial charge in [-0.05, 0) is 44.2 Å². The quantitative estimate of drug-likeness (QED) is 0.285. The van der Waals surface area contributed by atoms with E-state index in [9.17, 15) is 14.4 Å². The maximum Gasteiger partial charge on any atom is 0.325 e. The van der Waals surface area contributed by atoms with Crippen LogP contribution in [-0.4, -0.2) is 80.0 Å². The van der Waals surface area contributed by atoms with Crippen LogP contribution in [-0.2, 0) is 9.53 Å². The van der Waals surface area contributed by atoms with Gasteiger partial charge in [0.2, 0.25) is 0 Å². The zero-order valence-electron chi connectivity index (χ0n) is 23.7. The lowest BCUT2D eigenvalue weighted by Crippen LogP contribution is -2.55. The Morgan fingerprint density at radius 1 is 0.976 bits per heavy atom. The average molecular weight is 576 g/mol. The predicted octanol–water partition coefficient (Wildman–Crippen LogP) is 4.46. The first-order chi connectivity index (χ1) is 19.9. The molecule has 1 amide bonds. The monoisotopic (exact) mass is 575 g/mol. The Hall–Kier alpha value is -3.76. The largest absolute Gasteiger partial charge is 0.468 e. The lowest BCUT2D eigenvalue weighted by Gasteiger charge is -2.37. The first-order valence-electron chi connectivity index (χ1n) is 14.1. The summed E-state index contributed by atoms with van der Waals surface area (Å²) in [6.07, 6.45) is 3.85. The number of thiazole rings is 1. The highest BCUT2D eigenvalue weighted by Crippen LogP contribution is 2.34. The van der Waals surface area contributed by atoms with Crippen molar-refractivity contribution in [2.75, 3.05) is 57.1 Å². The molecule has 1 aliphatic heterocycles. The van der Waals surface area contributed by atoms with Gasteiger partial charge in [0.15, 0.2) is 10.9 Å². The topological polar surface area (TPSA) is 104 Å². The number of likely N-dealkylation sites (N-methyl/N-ethyl adjacent to an activating group) is 1. The summed E-state index contributed by atoms with van der Waals surface area (Å²) in [5.74, 6) is -0.846. The third-order valence-electron chi connectivity index (χ3n) is 8.03. The molecule has 10 heteroatoms. The molecular weight excluding hydrogens is 538 g/mol. The summed E-state index contributed by atoms with van der Waals surface area (Å²) in [5.41, 5.74) is 2.33. The molecule has 1 saturated heterocycles. The Morgan fingerprint density at radius 3 is 2.39 bits per heavy atom. The van der Waals surface area contributed by atoms with E-state index in [-0.39, 0.29) is 18.2 Å². The van der Waals surface area contributed by atoms with Gasteiger partial charge in [-0.25, -0.2) is 4.98 Å². The lowest BCUT2D eigenvalue weighted by atomic mass is 9.76. The maximum atomic E-state index is 14.0. The standard InChI is InChI=1S/C31H37N5O4S/c1-35-16-18-36(19-17-35)30-33-26(21-41-30)22-10-12-23(13-11-22)29(39)34-31(14-6-3-7-15-31)28(38)24-8-4-5-9-25(24)32-20-27(37)40-2/h4-5,8-13,21,32H,3,6-7,14-20H2,1-2H3,(H,34,39). The van der Waals surface area contributed by atoms with Crippen molar-refractivity contribution < 1.29 is 19.1 Å². The minimum Gasteiger partial charge on any atom is -0.468 e. The van der Waals surface area contributed by atoms with Crippen LogP contribution >= 0.6 is 11.3 Å². The van der Waals surface area contributed by atoms with Crippen molar-refractivity contribution in [1.29, 1.82) is 0 Å². The number of esters is 1. The fraction of sp³-hybridized carbons (Fsp3) is 0.419. The molecule has 0 unspecified atom stereocenters.